The Bertz CT molecular complexity index is 1380. The van der Waals surface area contributed by atoms with Gasteiger partial charge in [-0.15, -0.1) is 0 Å². The summed E-state index contributed by atoms with van der Waals surface area (Å²) in [7, 11) is 0. The Kier molecular flexibility index (Phi) is 14.4. The van der Waals surface area contributed by atoms with Crippen LogP contribution in [0.4, 0.5) is 13.2 Å². The number of rotatable bonds is 17. The summed E-state index contributed by atoms with van der Waals surface area (Å²) in [6.45, 7) is 4.87. The van der Waals surface area contributed by atoms with E-state index in [0.29, 0.717) is 23.7 Å². The van der Waals surface area contributed by atoms with Crippen molar-refractivity contribution in [1.82, 2.24) is 0 Å². The molecule has 2 fully saturated rings. The molecule has 2 aliphatic rings. The van der Waals surface area contributed by atoms with Crippen LogP contribution < -0.4 is 4.74 Å². The summed E-state index contributed by atoms with van der Waals surface area (Å²) in [5.74, 6) is 0.988. The molecule has 5 rings (SSSR count). The largest absolute Gasteiger partial charge is 0.490 e. The topological polar surface area (TPSA) is 9.23 Å². The third-order valence-corrected chi connectivity index (χ3v) is 11.6. The predicted octanol–water partition coefficient (Wildman–Crippen LogP) is 14.2. The average Bonchev–Trinajstić information content (AvgIpc) is 3.12. The molecule has 0 unspecified atom stereocenters. The maximum Gasteiger partial charge on any atom is 0.201 e. The third kappa shape index (κ3) is 9.91. The van der Waals surface area contributed by atoms with Gasteiger partial charge in [0.15, 0.2) is 11.6 Å². The summed E-state index contributed by atoms with van der Waals surface area (Å²) in [6, 6.07) is 15.8. The fourth-order valence-electron chi connectivity index (χ4n) is 8.51. The highest BCUT2D eigenvalue weighted by molar-refractivity contribution is 5.71. The number of halogens is 3. The molecule has 2 saturated carbocycles. The van der Waals surface area contributed by atoms with Crippen LogP contribution in [-0.4, -0.2) is 6.61 Å². The fraction of sp³-hybridized carbons (Fsp3) is 0.591. The Balaban J connectivity index is 1.11. The monoisotopic (exact) mass is 660 g/mol. The number of unbranched alkanes of at least 4 members (excludes halogenated alkanes) is 8. The van der Waals surface area contributed by atoms with Gasteiger partial charge in [-0.1, -0.05) is 127 Å². The van der Waals surface area contributed by atoms with Crippen LogP contribution in [0, 0.1) is 35.2 Å². The van der Waals surface area contributed by atoms with Crippen LogP contribution in [0.5, 0.6) is 5.75 Å². The predicted molar refractivity (Wildman–Crippen MR) is 195 cm³/mol. The molecule has 3 aromatic rings. The molecule has 0 atom stereocenters. The molecule has 0 amide bonds. The van der Waals surface area contributed by atoms with E-state index in [9.17, 15) is 4.39 Å². The maximum absolute atomic E-state index is 15.5. The highest BCUT2D eigenvalue weighted by Crippen LogP contribution is 2.45. The fourth-order valence-corrected chi connectivity index (χ4v) is 8.51. The zero-order chi connectivity index (χ0) is 33.7. The Labute approximate surface area is 289 Å². The van der Waals surface area contributed by atoms with E-state index in [1.807, 2.05) is 6.07 Å². The maximum atomic E-state index is 15.5. The lowest BCUT2D eigenvalue weighted by atomic mass is 9.68. The van der Waals surface area contributed by atoms with Gasteiger partial charge < -0.3 is 4.74 Å². The summed E-state index contributed by atoms with van der Waals surface area (Å²) >= 11 is 0. The van der Waals surface area contributed by atoms with Gasteiger partial charge in [-0.05, 0) is 104 Å². The molecule has 0 saturated heterocycles. The first-order valence-electron chi connectivity index (χ1n) is 19.5. The molecule has 0 bridgehead atoms. The lowest BCUT2D eigenvalue weighted by Crippen LogP contribution is -2.25. The Morgan fingerprint density at radius 2 is 1.12 bits per heavy atom. The van der Waals surface area contributed by atoms with Gasteiger partial charge in [0, 0.05) is 11.1 Å². The van der Waals surface area contributed by atoms with Gasteiger partial charge in [-0.2, -0.15) is 4.39 Å². The molecular formula is C44H59F3O. The van der Waals surface area contributed by atoms with Gasteiger partial charge >= 0.3 is 0 Å². The van der Waals surface area contributed by atoms with Crippen molar-refractivity contribution in [1.29, 1.82) is 0 Å². The number of hydrogen-bond donors (Lipinski definition) is 0. The first-order chi connectivity index (χ1) is 23.5. The molecule has 0 aromatic heterocycles. The van der Waals surface area contributed by atoms with E-state index in [0.717, 1.165) is 61.0 Å². The van der Waals surface area contributed by atoms with Gasteiger partial charge in [0.2, 0.25) is 5.82 Å². The van der Waals surface area contributed by atoms with Crippen LogP contribution in [0.3, 0.4) is 0 Å². The highest BCUT2D eigenvalue weighted by Gasteiger charge is 2.31. The lowest BCUT2D eigenvalue weighted by molar-refractivity contribution is 0.155. The van der Waals surface area contributed by atoms with Crippen molar-refractivity contribution in [2.75, 3.05) is 6.61 Å². The summed E-state index contributed by atoms with van der Waals surface area (Å²) in [4.78, 5) is 0. The zero-order valence-corrected chi connectivity index (χ0v) is 29.7. The van der Waals surface area contributed by atoms with Crippen LogP contribution in [0.15, 0.2) is 54.6 Å². The summed E-state index contributed by atoms with van der Waals surface area (Å²) in [5, 5.41) is 0. The van der Waals surface area contributed by atoms with Gasteiger partial charge in [-0.3, -0.25) is 0 Å². The van der Waals surface area contributed by atoms with E-state index in [1.54, 1.807) is 36.4 Å². The second-order valence-corrected chi connectivity index (χ2v) is 14.9. The van der Waals surface area contributed by atoms with Gasteiger partial charge in [-0.25, -0.2) is 8.78 Å². The Morgan fingerprint density at radius 3 is 1.77 bits per heavy atom. The zero-order valence-electron chi connectivity index (χ0n) is 29.7. The van der Waals surface area contributed by atoms with Crippen LogP contribution in [0.1, 0.15) is 147 Å². The molecular weight excluding hydrogens is 601 g/mol. The minimum absolute atomic E-state index is 0.0465. The second kappa shape index (κ2) is 18.9. The van der Waals surface area contributed by atoms with E-state index in [4.69, 9.17) is 4.74 Å². The summed E-state index contributed by atoms with van der Waals surface area (Å²) < 4.78 is 51.0. The molecule has 2 aliphatic carbocycles. The third-order valence-electron chi connectivity index (χ3n) is 11.6. The molecule has 48 heavy (non-hydrogen) atoms. The average molecular weight is 661 g/mol. The SMILES string of the molecule is CCCCCCCCCOc1ccc(-c2ccc(-c3ccc(C4CCC(C5CCC(CCCCC)CC5)CC4)cc3F)cc2)c(F)c1F. The summed E-state index contributed by atoms with van der Waals surface area (Å²) in [5.41, 5.74) is 3.10. The molecule has 0 heterocycles. The Hall–Kier alpha value is -2.75. The first kappa shape index (κ1) is 36.5. The molecule has 3 aromatic carbocycles. The van der Waals surface area contributed by atoms with Gasteiger partial charge in [0.25, 0.3) is 0 Å². The van der Waals surface area contributed by atoms with Crippen molar-refractivity contribution in [3.63, 3.8) is 0 Å². The number of benzene rings is 3. The molecule has 0 radical (unpaired) electrons. The second-order valence-electron chi connectivity index (χ2n) is 14.9. The number of ether oxygens (including phenoxy) is 1. The van der Waals surface area contributed by atoms with Crippen molar-refractivity contribution in [2.45, 2.75) is 142 Å². The van der Waals surface area contributed by atoms with Crippen molar-refractivity contribution in [2.24, 2.45) is 17.8 Å². The van der Waals surface area contributed by atoms with Crippen molar-refractivity contribution in [3.05, 3.63) is 77.6 Å². The molecule has 0 N–H and O–H groups in total. The van der Waals surface area contributed by atoms with E-state index in [2.05, 4.69) is 19.9 Å². The normalized spacial score (nSPS) is 21.4. The number of hydrogen-bond acceptors (Lipinski definition) is 1. The summed E-state index contributed by atoms with van der Waals surface area (Å²) in [6.07, 6.45) is 24.0. The van der Waals surface area contributed by atoms with E-state index in [1.165, 1.54) is 96.0 Å². The van der Waals surface area contributed by atoms with E-state index < -0.39 is 11.6 Å². The van der Waals surface area contributed by atoms with Crippen molar-refractivity contribution in [3.8, 4) is 28.0 Å². The van der Waals surface area contributed by atoms with Crippen LogP contribution >= 0.6 is 0 Å². The van der Waals surface area contributed by atoms with E-state index in [-0.39, 0.29) is 17.1 Å². The van der Waals surface area contributed by atoms with Gasteiger partial charge in [0.05, 0.1) is 6.61 Å². The van der Waals surface area contributed by atoms with E-state index >= 15 is 8.78 Å². The Morgan fingerprint density at radius 1 is 0.562 bits per heavy atom. The van der Waals surface area contributed by atoms with Crippen molar-refractivity contribution >= 4 is 0 Å². The van der Waals surface area contributed by atoms with Crippen LogP contribution in [0.25, 0.3) is 22.3 Å². The first-order valence-corrected chi connectivity index (χ1v) is 19.5. The minimum atomic E-state index is -0.958. The highest BCUT2D eigenvalue weighted by atomic mass is 19.2. The molecule has 4 heteroatoms. The minimum Gasteiger partial charge on any atom is -0.490 e. The molecule has 0 aliphatic heterocycles. The van der Waals surface area contributed by atoms with Crippen molar-refractivity contribution < 1.29 is 17.9 Å². The lowest BCUT2D eigenvalue weighted by Gasteiger charge is -2.38. The smallest absolute Gasteiger partial charge is 0.201 e. The molecule has 0 spiro atoms. The van der Waals surface area contributed by atoms with Gasteiger partial charge in [0.1, 0.15) is 5.82 Å². The van der Waals surface area contributed by atoms with Crippen LogP contribution in [0.2, 0.25) is 0 Å². The van der Waals surface area contributed by atoms with Crippen LogP contribution in [-0.2, 0) is 0 Å². The standard InChI is InChI=1S/C44H59F3O/c1-3-5-7-8-9-10-12-30-48-42-29-28-40(43(46)44(42)47)37-24-22-36(23-25-37)39-27-26-38(31-41(39)45)35-20-18-34(19-21-35)33-16-14-32(15-17-33)13-11-6-4-2/h22-29,31-35H,3-21,30H2,1-2H3. The molecule has 1 nitrogen and oxygen atoms in total. The molecule has 262 valence electrons. The quantitative estimate of drug-likeness (QED) is 0.131.